The van der Waals surface area contributed by atoms with Crippen LogP contribution < -0.4 is 4.74 Å². The third kappa shape index (κ3) is 1.79. The summed E-state index contributed by atoms with van der Waals surface area (Å²) in [5.41, 5.74) is 0.758. The van der Waals surface area contributed by atoms with E-state index in [0.29, 0.717) is 11.3 Å². The lowest BCUT2D eigenvalue weighted by atomic mass is 10.1. The van der Waals surface area contributed by atoms with Crippen LogP contribution in [-0.4, -0.2) is 22.2 Å². The molecule has 2 rings (SSSR count). The molecule has 0 fully saturated rings. The molecule has 16 heavy (non-hydrogen) atoms. The summed E-state index contributed by atoms with van der Waals surface area (Å²) in [6.07, 6.45) is 2.95. The molecule has 1 aromatic carbocycles. The Labute approximate surface area is 91.4 Å². The fourth-order valence-corrected chi connectivity index (χ4v) is 1.36. The Bertz CT molecular complexity index is 517. The molecule has 0 saturated carbocycles. The molecular formula is C11H9FN2O2. The normalized spacial score (nSPS) is 10.1. The zero-order chi connectivity index (χ0) is 11.5. The van der Waals surface area contributed by atoms with Crippen molar-refractivity contribution >= 4 is 0 Å². The average Bonchev–Trinajstić information content (AvgIpc) is 2.29. The van der Waals surface area contributed by atoms with E-state index in [9.17, 15) is 9.50 Å². The summed E-state index contributed by atoms with van der Waals surface area (Å²) in [5, 5.41) is 9.60. The van der Waals surface area contributed by atoms with E-state index in [1.807, 2.05) is 0 Å². The molecule has 0 amide bonds. The summed E-state index contributed by atoms with van der Waals surface area (Å²) in [4.78, 5) is 7.99. The summed E-state index contributed by atoms with van der Waals surface area (Å²) in [6.45, 7) is 0. The first kappa shape index (κ1) is 10.4. The topological polar surface area (TPSA) is 55.2 Å². The van der Waals surface area contributed by atoms with Gasteiger partial charge in [0.05, 0.1) is 7.11 Å². The summed E-state index contributed by atoms with van der Waals surface area (Å²) in [7, 11) is 1.45. The predicted octanol–water partition coefficient (Wildman–Crippen LogP) is 2.00. The van der Waals surface area contributed by atoms with Crippen LogP contribution in [0.4, 0.5) is 4.39 Å². The summed E-state index contributed by atoms with van der Waals surface area (Å²) < 4.78 is 17.8. The fourth-order valence-electron chi connectivity index (χ4n) is 1.36. The summed E-state index contributed by atoms with van der Waals surface area (Å²) >= 11 is 0. The van der Waals surface area contributed by atoms with Crippen molar-refractivity contribution in [2.24, 2.45) is 0 Å². The van der Waals surface area contributed by atoms with Gasteiger partial charge in [-0.05, 0) is 12.1 Å². The van der Waals surface area contributed by atoms with Crippen LogP contribution in [0.1, 0.15) is 0 Å². The maximum atomic E-state index is 12.8. The van der Waals surface area contributed by atoms with E-state index in [4.69, 9.17) is 4.74 Å². The van der Waals surface area contributed by atoms with Crippen molar-refractivity contribution in [3.8, 4) is 22.9 Å². The fraction of sp³-hybridized carbons (Fsp3) is 0.0909. The SMILES string of the molecule is COc1nccnc1-c1ccc(F)cc1O. The zero-order valence-corrected chi connectivity index (χ0v) is 8.51. The lowest BCUT2D eigenvalue weighted by molar-refractivity contribution is 0.397. The quantitative estimate of drug-likeness (QED) is 0.840. The molecule has 0 atom stereocenters. The Balaban J connectivity index is 2.58. The highest BCUT2D eigenvalue weighted by molar-refractivity contribution is 5.70. The van der Waals surface area contributed by atoms with Gasteiger partial charge in [0.25, 0.3) is 0 Å². The van der Waals surface area contributed by atoms with E-state index >= 15 is 0 Å². The second-order valence-corrected chi connectivity index (χ2v) is 3.08. The number of phenols is 1. The van der Waals surface area contributed by atoms with Gasteiger partial charge in [-0.15, -0.1) is 0 Å². The van der Waals surface area contributed by atoms with Crippen molar-refractivity contribution in [3.63, 3.8) is 0 Å². The van der Waals surface area contributed by atoms with Gasteiger partial charge in [-0.1, -0.05) is 0 Å². The molecule has 2 aromatic rings. The number of hydrogen-bond donors (Lipinski definition) is 1. The third-order valence-corrected chi connectivity index (χ3v) is 2.07. The van der Waals surface area contributed by atoms with E-state index in [0.717, 1.165) is 6.07 Å². The molecule has 0 unspecified atom stereocenters. The molecule has 82 valence electrons. The van der Waals surface area contributed by atoms with Gasteiger partial charge in [0.15, 0.2) is 0 Å². The molecule has 1 N–H and O–H groups in total. The lowest BCUT2D eigenvalue weighted by Crippen LogP contribution is -1.94. The molecule has 4 nitrogen and oxygen atoms in total. The molecular weight excluding hydrogens is 211 g/mol. The van der Waals surface area contributed by atoms with Crippen LogP contribution in [-0.2, 0) is 0 Å². The number of ether oxygens (including phenoxy) is 1. The highest BCUT2D eigenvalue weighted by atomic mass is 19.1. The van der Waals surface area contributed by atoms with Gasteiger partial charge in [-0.3, -0.25) is 0 Å². The van der Waals surface area contributed by atoms with Gasteiger partial charge in [0.2, 0.25) is 5.88 Å². The highest BCUT2D eigenvalue weighted by Crippen LogP contribution is 2.32. The number of methoxy groups -OCH3 is 1. The Hall–Kier alpha value is -2.17. The van der Waals surface area contributed by atoms with Crippen molar-refractivity contribution in [1.29, 1.82) is 0 Å². The number of aromatic nitrogens is 2. The van der Waals surface area contributed by atoms with E-state index in [1.54, 1.807) is 0 Å². The van der Waals surface area contributed by atoms with Crippen molar-refractivity contribution in [2.45, 2.75) is 0 Å². The van der Waals surface area contributed by atoms with Crippen molar-refractivity contribution in [1.82, 2.24) is 9.97 Å². The zero-order valence-electron chi connectivity index (χ0n) is 8.51. The van der Waals surface area contributed by atoms with E-state index in [-0.39, 0.29) is 11.6 Å². The summed E-state index contributed by atoms with van der Waals surface area (Å²) in [5.74, 6) is -0.424. The third-order valence-electron chi connectivity index (χ3n) is 2.07. The van der Waals surface area contributed by atoms with Gasteiger partial charge < -0.3 is 9.84 Å². The lowest BCUT2D eigenvalue weighted by Gasteiger charge is -2.07. The van der Waals surface area contributed by atoms with Crippen molar-refractivity contribution in [2.75, 3.05) is 7.11 Å². The minimum atomic E-state index is -0.510. The monoisotopic (exact) mass is 220 g/mol. The Morgan fingerprint density at radius 1 is 1.25 bits per heavy atom. The number of nitrogens with zero attached hydrogens (tertiary/aromatic N) is 2. The van der Waals surface area contributed by atoms with Crippen LogP contribution in [0.5, 0.6) is 11.6 Å². The molecule has 1 heterocycles. The first-order chi connectivity index (χ1) is 7.72. The minimum absolute atomic E-state index is 0.196. The molecule has 1 aromatic heterocycles. The van der Waals surface area contributed by atoms with Gasteiger partial charge in [-0.2, -0.15) is 0 Å². The van der Waals surface area contributed by atoms with Crippen LogP contribution in [0.15, 0.2) is 30.6 Å². The second kappa shape index (κ2) is 4.14. The largest absolute Gasteiger partial charge is 0.507 e. The first-order valence-corrected chi connectivity index (χ1v) is 4.56. The maximum Gasteiger partial charge on any atom is 0.240 e. The maximum absolute atomic E-state index is 12.8. The smallest absolute Gasteiger partial charge is 0.240 e. The number of rotatable bonds is 2. The highest BCUT2D eigenvalue weighted by Gasteiger charge is 2.12. The van der Waals surface area contributed by atoms with Gasteiger partial charge in [0, 0.05) is 24.0 Å². The van der Waals surface area contributed by atoms with Crippen LogP contribution in [0.25, 0.3) is 11.3 Å². The van der Waals surface area contributed by atoms with Crippen LogP contribution >= 0.6 is 0 Å². The standard InChI is InChI=1S/C11H9FN2O2/c1-16-11-10(13-4-5-14-11)8-3-2-7(12)6-9(8)15/h2-6,15H,1H3. The van der Waals surface area contributed by atoms with Crippen LogP contribution in [0, 0.1) is 5.82 Å². The van der Waals surface area contributed by atoms with Crippen LogP contribution in [0.2, 0.25) is 0 Å². The van der Waals surface area contributed by atoms with Gasteiger partial charge in [0.1, 0.15) is 17.3 Å². The van der Waals surface area contributed by atoms with E-state index in [1.165, 1.54) is 31.6 Å². The van der Waals surface area contributed by atoms with Crippen molar-refractivity contribution in [3.05, 3.63) is 36.4 Å². The molecule has 0 aliphatic heterocycles. The number of halogens is 1. The molecule has 0 saturated heterocycles. The molecule has 5 heteroatoms. The Kier molecular flexibility index (Phi) is 2.68. The minimum Gasteiger partial charge on any atom is -0.507 e. The van der Waals surface area contributed by atoms with Gasteiger partial charge >= 0.3 is 0 Å². The predicted molar refractivity (Wildman–Crippen MR) is 55.6 cm³/mol. The number of aromatic hydroxyl groups is 1. The summed E-state index contributed by atoms with van der Waals surface area (Å²) in [6, 6.07) is 3.68. The number of benzene rings is 1. The van der Waals surface area contributed by atoms with E-state index in [2.05, 4.69) is 9.97 Å². The van der Waals surface area contributed by atoms with Crippen LogP contribution in [0.3, 0.4) is 0 Å². The Morgan fingerprint density at radius 3 is 2.69 bits per heavy atom. The molecule has 0 spiro atoms. The second-order valence-electron chi connectivity index (χ2n) is 3.08. The molecule has 0 aliphatic rings. The van der Waals surface area contributed by atoms with E-state index < -0.39 is 5.82 Å². The number of phenolic OH excluding ortho intramolecular Hbond substituents is 1. The van der Waals surface area contributed by atoms with Crippen molar-refractivity contribution < 1.29 is 14.2 Å². The number of hydrogen-bond acceptors (Lipinski definition) is 4. The molecule has 0 bridgehead atoms. The Morgan fingerprint density at radius 2 is 2.00 bits per heavy atom. The first-order valence-electron chi connectivity index (χ1n) is 4.56. The molecule has 0 radical (unpaired) electrons. The average molecular weight is 220 g/mol. The van der Waals surface area contributed by atoms with Gasteiger partial charge in [-0.25, -0.2) is 14.4 Å². The molecule has 0 aliphatic carbocycles.